The van der Waals surface area contributed by atoms with Gasteiger partial charge in [-0.2, -0.15) is 4.31 Å². The molecule has 0 radical (unpaired) electrons. The number of rotatable bonds is 4. The van der Waals surface area contributed by atoms with E-state index in [4.69, 9.17) is 9.52 Å². The number of benzene rings is 1. The number of aromatic carboxylic acids is 1. The minimum atomic E-state index is -3.59. The second-order valence-corrected chi connectivity index (χ2v) is 7.45. The number of sulfonamides is 1. The molecule has 8 nitrogen and oxygen atoms in total. The topological polar surface area (TPSA) is 108 Å². The van der Waals surface area contributed by atoms with E-state index in [1.54, 1.807) is 18.2 Å². The third-order valence-corrected chi connectivity index (χ3v) is 5.88. The van der Waals surface area contributed by atoms with Crippen LogP contribution in [0, 0.1) is 0 Å². The van der Waals surface area contributed by atoms with Crippen molar-refractivity contribution in [2.45, 2.75) is 4.90 Å². The van der Waals surface area contributed by atoms with Gasteiger partial charge in [-0.3, -0.25) is 4.79 Å². The summed E-state index contributed by atoms with van der Waals surface area (Å²) >= 11 is 0. The highest BCUT2D eigenvalue weighted by Gasteiger charge is 2.31. The molecule has 0 atom stereocenters. The van der Waals surface area contributed by atoms with E-state index in [0.29, 0.717) is 0 Å². The van der Waals surface area contributed by atoms with E-state index in [0.717, 1.165) is 12.3 Å². The lowest BCUT2D eigenvalue weighted by molar-refractivity contribution is 0.0664. The lowest BCUT2D eigenvalue weighted by atomic mass is 10.2. The molecule has 1 fully saturated rings. The third kappa shape index (κ3) is 3.42. The predicted octanol–water partition coefficient (Wildman–Crippen LogP) is 1.12. The number of carbonyl (C=O) groups excluding carboxylic acids is 1. The fraction of sp³-hybridized carbons (Fsp3) is 0.250. The summed E-state index contributed by atoms with van der Waals surface area (Å²) in [5.41, 5.74) is -0.103. The van der Waals surface area contributed by atoms with Crippen LogP contribution in [0.3, 0.4) is 0 Å². The van der Waals surface area contributed by atoms with E-state index < -0.39 is 21.9 Å². The summed E-state index contributed by atoms with van der Waals surface area (Å²) < 4.78 is 31.4. The molecule has 0 spiro atoms. The van der Waals surface area contributed by atoms with E-state index in [9.17, 15) is 18.0 Å². The van der Waals surface area contributed by atoms with Crippen molar-refractivity contribution in [3.8, 4) is 0 Å². The zero-order chi connectivity index (χ0) is 18.0. The second kappa shape index (κ2) is 6.69. The highest BCUT2D eigenvalue weighted by molar-refractivity contribution is 7.89. The monoisotopic (exact) mass is 364 g/mol. The summed E-state index contributed by atoms with van der Waals surface area (Å²) in [6.07, 6.45) is 1.01. The van der Waals surface area contributed by atoms with Gasteiger partial charge < -0.3 is 14.4 Å². The Kier molecular flexibility index (Phi) is 4.60. The highest BCUT2D eigenvalue weighted by atomic mass is 32.2. The number of piperazine rings is 1. The minimum absolute atomic E-state index is 0.0724. The van der Waals surface area contributed by atoms with Crippen molar-refractivity contribution in [2.75, 3.05) is 26.2 Å². The van der Waals surface area contributed by atoms with Crippen LogP contribution in [0.2, 0.25) is 0 Å². The fourth-order valence-electron chi connectivity index (χ4n) is 2.59. The van der Waals surface area contributed by atoms with Gasteiger partial charge >= 0.3 is 5.97 Å². The first-order valence-electron chi connectivity index (χ1n) is 7.56. The minimum Gasteiger partial charge on any atom is -0.478 e. The summed E-state index contributed by atoms with van der Waals surface area (Å²) in [5, 5.41) is 8.86. The molecular weight excluding hydrogens is 348 g/mol. The number of carboxylic acids is 1. The molecular formula is C16H16N2O6S. The Hall–Kier alpha value is -2.65. The number of furan rings is 1. The van der Waals surface area contributed by atoms with Gasteiger partial charge in [0.1, 0.15) is 6.26 Å². The number of hydrogen-bond acceptors (Lipinski definition) is 5. The number of carboxylic acid groups (broad SMARTS) is 1. The second-order valence-electron chi connectivity index (χ2n) is 5.51. The van der Waals surface area contributed by atoms with Crippen molar-refractivity contribution in [2.24, 2.45) is 0 Å². The molecule has 1 aliphatic heterocycles. The van der Waals surface area contributed by atoms with E-state index in [-0.39, 0.29) is 42.4 Å². The maximum absolute atomic E-state index is 12.6. The molecule has 2 aromatic rings. The number of hydrogen-bond donors (Lipinski definition) is 1. The van der Waals surface area contributed by atoms with Gasteiger partial charge in [-0.25, -0.2) is 13.2 Å². The van der Waals surface area contributed by atoms with E-state index in [2.05, 4.69) is 0 Å². The summed E-state index contributed by atoms with van der Waals surface area (Å²) in [6, 6.07) is 9.28. The van der Waals surface area contributed by atoms with Crippen LogP contribution in [-0.2, 0) is 10.0 Å². The summed E-state index contributed by atoms with van der Waals surface area (Å²) in [4.78, 5) is 24.8. The van der Waals surface area contributed by atoms with Crippen molar-refractivity contribution in [1.29, 1.82) is 0 Å². The molecule has 25 heavy (non-hydrogen) atoms. The molecule has 1 saturated heterocycles. The van der Waals surface area contributed by atoms with Crippen molar-refractivity contribution in [3.05, 3.63) is 54.0 Å². The largest absolute Gasteiger partial charge is 0.478 e. The van der Waals surface area contributed by atoms with Gasteiger partial charge in [-0.1, -0.05) is 18.2 Å². The molecule has 1 amide bonds. The number of nitrogens with zero attached hydrogens (tertiary/aromatic N) is 2. The van der Waals surface area contributed by atoms with Gasteiger partial charge in [0, 0.05) is 32.2 Å². The van der Waals surface area contributed by atoms with Gasteiger partial charge in [-0.15, -0.1) is 0 Å². The van der Waals surface area contributed by atoms with E-state index >= 15 is 0 Å². The van der Waals surface area contributed by atoms with Crippen LogP contribution < -0.4 is 0 Å². The van der Waals surface area contributed by atoms with Crippen molar-refractivity contribution in [1.82, 2.24) is 9.21 Å². The molecule has 0 saturated carbocycles. The van der Waals surface area contributed by atoms with Crippen LogP contribution in [0.15, 0.2) is 52.0 Å². The average Bonchev–Trinajstić information content (AvgIpc) is 3.12. The molecule has 0 unspecified atom stereocenters. The first-order valence-corrected chi connectivity index (χ1v) is 9.00. The van der Waals surface area contributed by atoms with Crippen LogP contribution in [0.5, 0.6) is 0 Å². The zero-order valence-corrected chi connectivity index (χ0v) is 14.0. The molecule has 0 aliphatic carbocycles. The lowest BCUT2D eigenvalue weighted by Crippen LogP contribution is -2.50. The quantitative estimate of drug-likeness (QED) is 0.871. The molecule has 2 heterocycles. The SMILES string of the molecule is O=C(O)c1coc(C(=O)N2CCN(S(=O)(=O)c3ccccc3)CC2)c1. The van der Waals surface area contributed by atoms with Crippen LogP contribution >= 0.6 is 0 Å². The molecule has 0 bridgehead atoms. The van der Waals surface area contributed by atoms with Crippen LogP contribution in [0.25, 0.3) is 0 Å². The summed E-state index contributed by atoms with van der Waals surface area (Å²) in [5.74, 6) is -1.71. The smallest absolute Gasteiger partial charge is 0.338 e. The number of amides is 1. The Bertz CT molecular complexity index is 882. The zero-order valence-electron chi connectivity index (χ0n) is 13.2. The Balaban J connectivity index is 1.67. The van der Waals surface area contributed by atoms with Gasteiger partial charge in [0.25, 0.3) is 5.91 Å². The Morgan fingerprint density at radius 2 is 1.68 bits per heavy atom. The maximum atomic E-state index is 12.6. The fourth-order valence-corrected chi connectivity index (χ4v) is 4.03. The Morgan fingerprint density at radius 1 is 1.04 bits per heavy atom. The van der Waals surface area contributed by atoms with E-state index in [1.165, 1.54) is 21.3 Å². The third-order valence-electron chi connectivity index (χ3n) is 3.96. The van der Waals surface area contributed by atoms with Gasteiger partial charge in [-0.05, 0) is 12.1 Å². The molecule has 1 aromatic heterocycles. The molecule has 132 valence electrons. The number of carbonyl (C=O) groups is 2. The van der Waals surface area contributed by atoms with Crippen molar-refractivity contribution in [3.63, 3.8) is 0 Å². The Labute approximate surface area is 144 Å². The molecule has 3 rings (SSSR count). The van der Waals surface area contributed by atoms with Crippen molar-refractivity contribution < 1.29 is 27.5 Å². The molecule has 1 aliphatic rings. The standard InChI is InChI=1S/C16H16N2O6S/c19-15(14-10-12(11-24-14)16(20)21)17-6-8-18(9-7-17)25(22,23)13-4-2-1-3-5-13/h1-5,10-11H,6-9H2,(H,20,21). The Morgan fingerprint density at radius 3 is 2.24 bits per heavy atom. The molecule has 1 N–H and O–H groups in total. The normalized spacial score (nSPS) is 15.9. The summed E-state index contributed by atoms with van der Waals surface area (Å²) in [7, 11) is -3.59. The molecule has 9 heteroatoms. The van der Waals surface area contributed by atoms with Gasteiger partial charge in [0.05, 0.1) is 10.5 Å². The van der Waals surface area contributed by atoms with E-state index in [1.807, 2.05) is 0 Å². The highest BCUT2D eigenvalue weighted by Crippen LogP contribution is 2.18. The van der Waals surface area contributed by atoms with Gasteiger partial charge in [0.2, 0.25) is 10.0 Å². The summed E-state index contributed by atoms with van der Waals surface area (Å²) in [6.45, 7) is 0.729. The van der Waals surface area contributed by atoms with Crippen molar-refractivity contribution >= 4 is 21.9 Å². The maximum Gasteiger partial charge on any atom is 0.338 e. The lowest BCUT2D eigenvalue weighted by Gasteiger charge is -2.33. The van der Waals surface area contributed by atoms with Crippen LogP contribution in [0.1, 0.15) is 20.9 Å². The first-order chi connectivity index (χ1) is 11.9. The van der Waals surface area contributed by atoms with Crippen LogP contribution in [0.4, 0.5) is 0 Å². The predicted molar refractivity (Wildman–Crippen MR) is 86.8 cm³/mol. The van der Waals surface area contributed by atoms with Gasteiger partial charge in [0.15, 0.2) is 5.76 Å². The first kappa shape index (κ1) is 17.2. The van der Waals surface area contributed by atoms with Crippen LogP contribution in [-0.4, -0.2) is 60.8 Å². The average molecular weight is 364 g/mol. The molecule has 1 aromatic carbocycles.